The van der Waals surface area contributed by atoms with Crippen molar-refractivity contribution in [3.05, 3.63) is 11.3 Å². The second-order valence-corrected chi connectivity index (χ2v) is 6.07. The topological polar surface area (TPSA) is 67.8 Å². The van der Waals surface area contributed by atoms with Gasteiger partial charge in [-0.1, -0.05) is 19.4 Å². The van der Waals surface area contributed by atoms with Crippen molar-refractivity contribution in [2.24, 2.45) is 0 Å². The van der Waals surface area contributed by atoms with Crippen molar-refractivity contribution in [3.63, 3.8) is 0 Å². The van der Waals surface area contributed by atoms with Crippen LogP contribution < -0.4 is 5.11 Å². The van der Waals surface area contributed by atoms with Gasteiger partial charge in [-0.05, 0) is 27.2 Å². The average molecular weight is 275 g/mol. The average Bonchev–Trinajstić information content (AvgIpc) is 2.30. The minimum Gasteiger partial charge on any atom is -0.545 e. The highest BCUT2D eigenvalue weighted by atomic mass is 28.4. The van der Waals surface area contributed by atoms with Crippen LogP contribution >= 0.6 is 0 Å². The van der Waals surface area contributed by atoms with E-state index in [1.165, 1.54) is 0 Å². The number of unbranched alkanes of at least 4 members (excludes halogenated alkanes) is 1. The first-order valence-electron chi connectivity index (χ1n) is 6.41. The zero-order valence-corrected chi connectivity index (χ0v) is 12.7. The maximum Gasteiger partial charge on any atom is 0.538 e. The lowest BCUT2D eigenvalue weighted by Crippen LogP contribution is -2.53. The summed E-state index contributed by atoms with van der Waals surface area (Å²) >= 11 is 0. The Morgan fingerprint density at radius 3 is 1.78 bits per heavy atom. The Bertz CT molecular complexity index is 261. The molecule has 0 atom stereocenters. The van der Waals surface area contributed by atoms with Gasteiger partial charge in [-0.25, -0.2) is 0 Å². The molecule has 0 unspecified atom stereocenters. The summed E-state index contributed by atoms with van der Waals surface area (Å²) in [6.45, 7) is 8.33. The monoisotopic (exact) mass is 275 g/mol. The second kappa shape index (κ2) is 9.27. The van der Waals surface area contributed by atoms with E-state index in [4.69, 9.17) is 13.3 Å². The predicted octanol–water partition coefficient (Wildman–Crippen LogP) is 1.05. The van der Waals surface area contributed by atoms with Gasteiger partial charge in [-0.3, -0.25) is 0 Å². The largest absolute Gasteiger partial charge is 0.545 e. The Balaban J connectivity index is 5.35. The van der Waals surface area contributed by atoms with Gasteiger partial charge in [-0.2, -0.15) is 0 Å². The van der Waals surface area contributed by atoms with Crippen molar-refractivity contribution in [2.45, 2.75) is 40.5 Å². The molecule has 0 saturated heterocycles. The van der Waals surface area contributed by atoms with Crippen LogP contribution in [-0.2, 0) is 18.1 Å². The number of carbonyl (C=O) groups is 1. The summed E-state index contributed by atoms with van der Waals surface area (Å²) in [5, 5.41) is 11.3. The van der Waals surface area contributed by atoms with Gasteiger partial charge in [0.2, 0.25) is 0 Å². The number of rotatable bonds is 10. The lowest BCUT2D eigenvalue weighted by molar-refractivity contribution is -0.298. The molecule has 0 fully saturated rings. The standard InChI is InChI=1S/C12H24O5Si/c1-5-9-10-11(12(13)14)18(15-6-2,16-7-3)17-8-4/h10H,5-9H2,1-4H3,(H,13,14)/p-1/b11-10+. The molecule has 0 aliphatic rings. The first-order chi connectivity index (χ1) is 8.57. The number of carboxylic acid groups (broad SMARTS) is 1. The van der Waals surface area contributed by atoms with Gasteiger partial charge >= 0.3 is 8.80 Å². The highest BCUT2D eigenvalue weighted by molar-refractivity contribution is 6.73. The summed E-state index contributed by atoms with van der Waals surface area (Å²) in [6.07, 6.45) is 3.07. The van der Waals surface area contributed by atoms with Crippen LogP contribution in [0.1, 0.15) is 40.5 Å². The fraction of sp³-hybridized carbons (Fsp3) is 0.750. The van der Waals surface area contributed by atoms with Crippen LogP contribution in [0.5, 0.6) is 0 Å². The maximum absolute atomic E-state index is 11.3. The molecule has 0 aromatic carbocycles. The Morgan fingerprint density at radius 1 is 1.06 bits per heavy atom. The molecule has 0 N–H and O–H groups in total. The summed E-state index contributed by atoms with van der Waals surface area (Å²) in [5.74, 6) is -1.27. The summed E-state index contributed by atoms with van der Waals surface area (Å²) in [5.41, 5.74) is 0. The fourth-order valence-corrected chi connectivity index (χ4v) is 4.05. The van der Waals surface area contributed by atoms with E-state index in [0.717, 1.165) is 6.42 Å². The number of carboxylic acids is 1. The summed E-state index contributed by atoms with van der Waals surface area (Å²) < 4.78 is 16.6. The molecule has 0 amide bonds. The number of allylic oxidation sites excluding steroid dienone is 1. The highest BCUT2D eigenvalue weighted by Crippen LogP contribution is 2.21. The van der Waals surface area contributed by atoms with Crippen LogP contribution in [0.3, 0.4) is 0 Å². The van der Waals surface area contributed by atoms with Crippen LogP contribution in [0.4, 0.5) is 0 Å². The Morgan fingerprint density at radius 2 is 1.50 bits per heavy atom. The van der Waals surface area contributed by atoms with Crippen LogP contribution in [0.2, 0.25) is 0 Å². The van der Waals surface area contributed by atoms with Crippen LogP contribution in [-0.4, -0.2) is 34.6 Å². The molecule has 0 aromatic heterocycles. The van der Waals surface area contributed by atoms with Crippen molar-refractivity contribution >= 4 is 14.8 Å². The lowest BCUT2D eigenvalue weighted by atomic mass is 10.3. The summed E-state index contributed by atoms with van der Waals surface area (Å²) in [7, 11) is -3.33. The quantitative estimate of drug-likeness (QED) is 0.440. The van der Waals surface area contributed by atoms with Crippen LogP contribution in [0.15, 0.2) is 11.3 Å². The second-order valence-electron chi connectivity index (χ2n) is 3.55. The Labute approximate surface area is 110 Å². The number of hydrogen-bond acceptors (Lipinski definition) is 5. The molecule has 0 bridgehead atoms. The third-order valence-electron chi connectivity index (χ3n) is 2.19. The third kappa shape index (κ3) is 4.89. The Hall–Kier alpha value is -0.693. The molecular formula is C12H23O5Si-. The molecule has 0 spiro atoms. The zero-order chi connectivity index (χ0) is 14.0. The zero-order valence-electron chi connectivity index (χ0n) is 11.7. The van der Waals surface area contributed by atoms with Crippen LogP contribution in [0.25, 0.3) is 0 Å². The first-order valence-corrected chi connectivity index (χ1v) is 8.14. The number of aliphatic carboxylic acids is 1. The van der Waals surface area contributed by atoms with Crippen LogP contribution in [0, 0.1) is 0 Å². The molecule has 0 aliphatic carbocycles. The van der Waals surface area contributed by atoms with E-state index in [-0.39, 0.29) is 5.20 Å². The van der Waals surface area contributed by atoms with E-state index in [2.05, 4.69) is 0 Å². The molecule has 106 valence electrons. The van der Waals surface area contributed by atoms with Gasteiger partial charge in [0.05, 0.1) is 5.97 Å². The molecule has 0 heterocycles. The van der Waals surface area contributed by atoms with Gasteiger partial charge in [0.25, 0.3) is 0 Å². The molecular weight excluding hydrogens is 252 g/mol. The van der Waals surface area contributed by atoms with E-state index < -0.39 is 14.8 Å². The van der Waals surface area contributed by atoms with Gasteiger partial charge in [0.15, 0.2) is 0 Å². The van der Waals surface area contributed by atoms with Gasteiger partial charge in [0, 0.05) is 25.0 Å². The molecule has 6 heteroatoms. The smallest absolute Gasteiger partial charge is 0.538 e. The van der Waals surface area contributed by atoms with Gasteiger partial charge < -0.3 is 23.2 Å². The third-order valence-corrected chi connectivity index (χ3v) is 5.26. The normalized spacial score (nSPS) is 12.8. The molecule has 0 rings (SSSR count). The molecule has 0 saturated carbocycles. The van der Waals surface area contributed by atoms with Gasteiger partial charge in [-0.15, -0.1) is 0 Å². The van der Waals surface area contributed by atoms with E-state index in [9.17, 15) is 9.90 Å². The van der Waals surface area contributed by atoms with Crippen molar-refractivity contribution in [1.82, 2.24) is 0 Å². The minimum atomic E-state index is -3.33. The molecule has 18 heavy (non-hydrogen) atoms. The highest BCUT2D eigenvalue weighted by Gasteiger charge is 2.45. The van der Waals surface area contributed by atoms with Crippen molar-refractivity contribution < 1.29 is 23.2 Å². The lowest BCUT2D eigenvalue weighted by Gasteiger charge is -2.31. The predicted molar refractivity (Wildman–Crippen MR) is 68.6 cm³/mol. The molecule has 0 aromatic rings. The van der Waals surface area contributed by atoms with Crippen molar-refractivity contribution in [2.75, 3.05) is 19.8 Å². The maximum atomic E-state index is 11.3. The Kier molecular flexibility index (Phi) is 8.91. The minimum absolute atomic E-state index is 0.0369. The number of carbonyl (C=O) groups excluding carboxylic acids is 1. The summed E-state index contributed by atoms with van der Waals surface area (Å²) in [4.78, 5) is 11.3. The van der Waals surface area contributed by atoms with E-state index in [0.29, 0.717) is 26.2 Å². The fourth-order valence-electron chi connectivity index (χ4n) is 1.55. The van der Waals surface area contributed by atoms with Gasteiger partial charge in [0.1, 0.15) is 0 Å². The first kappa shape index (κ1) is 17.3. The number of hydrogen-bond donors (Lipinski definition) is 0. The SMILES string of the molecule is CCC/C=C(\C(=O)[O-])[Si](OCC)(OCC)OCC. The van der Waals surface area contributed by atoms with Crippen molar-refractivity contribution in [3.8, 4) is 0 Å². The molecule has 5 nitrogen and oxygen atoms in total. The molecule has 0 aliphatic heterocycles. The van der Waals surface area contributed by atoms with E-state index in [1.54, 1.807) is 26.8 Å². The molecule has 0 radical (unpaired) electrons. The van der Waals surface area contributed by atoms with E-state index in [1.807, 2.05) is 6.92 Å². The van der Waals surface area contributed by atoms with E-state index >= 15 is 0 Å². The summed E-state index contributed by atoms with van der Waals surface area (Å²) in [6, 6.07) is 0. The van der Waals surface area contributed by atoms with Crippen molar-refractivity contribution in [1.29, 1.82) is 0 Å².